The van der Waals surface area contributed by atoms with Gasteiger partial charge in [0.15, 0.2) is 11.2 Å². The normalized spacial score (nSPS) is 22.0. The number of fused-ring (bicyclic) bond motifs is 1. The van der Waals surface area contributed by atoms with Gasteiger partial charge in [-0.05, 0) is 25.2 Å². The van der Waals surface area contributed by atoms with Gasteiger partial charge in [0.1, 0.15) is 0 Å². The van der Waals surface area contributed by atoms with Crippen molar-refractivity contribution in [3.8, 4) is 0 Å². The summed E-state index contributed by atoms with van der Waals surface area (Å²) in [5.74, 6) is 0.879. The summed E-state index contributed by atoms with van der Waals surface area (Å²) < 4.78 is 2.40. The molecule has 114 valence electrons. The molecule has 2 aromatic rings. The largest absolute Gasteiger partial charge is 0.393 e. The number of aromatic nitrogens is 4. The molecule has 8 nitrogen and oxygen atoms in total. The molecular formula is C13H19N5O3. The van der Waals surface area contributed by atoms with Crippen molar-refractivity contribution in [1.82, 2.24) is 19.1 Å². The van der Waals surface area contributed by atoms with E-state index in [1.807, 2.05) is 0 Å². The second kappa shape index (κ2) is 5.03. The third-order valence-corrected chi connectivity index (χ3v) is 4.17. The molecule has 0 saturated heterocycles. The molecule has 21 heavy (non-hydrogen) atoms. The first-order valence-electron chi connectivity index (χ1n) is 7.05. The van der Waals surface area contributed by atoms with Crippen LogP contribution in [-0.2, 0) is 14.1 Å². The zero-order valence-corrected chi connectivity index (χ0v) is 12.1. The number of hydrogen-bond acceptors (Lipinski definition) is 5. The molecular weight excluding hydrogens is 274 g/mol. The second-order valence-electron chi connectivity index (χ2n) is 5.70. The lowest BCUT2D eigenvalue weighted by Gasteiger charge is -2.09. The highest BCUT2D eigenvalue weighted by atomic mass is 16.3. The van der Waals surface area contributed by atoms with Crippen molar-refractivity contribution in [1.29, 1.82) is 0 Å². The lowest BCUT2D eigenvalue weighted by molar-refractivity contribution is 0.178. The molecule has 0 aliphatic heterocycles. The molecule has 1 aliphatic rings. The summed E-state index contributed by atoms with van der Waals surface area (Å²) in [6.45, 7) is 0.686. The summed E-state index contributed by atoms with van der Waals surface area (Å²) in [7, 11) is 3.03. The van der Waals surface area contributed by atoms with Gasteiger partial charge in [-0.25, -0.2) is 4.79 Å². The summed E-state index contributed by atoms with van der Waals surface area (Å²) in [4.78, 5) is 31.1. The number of H-pyrrole nitrogens is 1. The molecule has 3 N–H and O–H groups in total. The Labute approximate surface area is 120 Å². The molecule has 0 radical (unpaired) electrons. The van der Waals surface area contributed by atoms with Gasteiger partial charge < -0.3 is 15.4 Å². The first-order chi connectivity index (χ1) is 9.97. The van der Waals surface area contributed by atoms with Crippen molar-refractivity contribution < 1.29 is 5.11 Å². The Morgan fingerprint density at radius 1 is 1.33 bits per heavy atom. The van der Waals surface area contributed by atoms with Crippen LogP contribution in [-0.4, -0.2) is 36.9 Å². The molecule has 0 spiro atoms. The zero-order valence-electron chi connectivity index (χ0n) is 12.1. The van der Waals surface area contributed by atoms with Crippen LogP contribution in [0.15, 0.2) is 9.59 Å². The van der Waals surface area contributed by atoms with E-state index in [4.69, 9.17) is 0 Å². The third kappa shape index (κ3) is 2.35. The lowest BCUT2D eigenvalue weighted by atomic mass is 10.1. The van der Waals surface area contributed by atoms with Gasteiger partial charge in [0, 0.05) is 20.6 Å². The number of aryl methyl sites for hydroxylation is 1. The van der Waals surface area contributed by atoms with Gasteiger partial charge in [-0.1, -0.05) is 0 Å². The van der Waals surface area contributed by atoms with E-state index in [1.165, 1.54) is 11.6 Å². The van der Waals surface area contributed by atoms with Crippen LogP contribution in [0.25, 0.3) is 11.2 Å². The molecule has 2 aromatic heterocycles. The van der Waals surface area contributed by atoms with Gasteiger partial charge in [0.05, 0.1) is 6.10 Å². The Bertz CT molecular complexity index is 787. The minimum absolute atomic E-state index is 0.208. The van der Waals surface area contributed by atoms with Crippen molar-refractivity contribution in [2.75, 3.05) is 11.9 Å². The lowest BCUT2D eigenvalue weighted by Crippen LogP contribution is -2.36. The van der Waals surface area contributed by atoms with E-state index in [2.05, 4.69) is 15.3 Å². The van der Waals surface area contributed by atoms with E-state index in [0.717, 1.165) is 23.8 Å². The van der Waals surface area contributed by atoms with Crippen LogP contribution in [0.1, 0.15) is 19.3 Å². The molecule has 1 aliphatic carbocycles. The minimum atomic E-state index is -0.399. The van der Waals surface area contributed by atoms with Crippen LogP contribution >= 0.6 is 0 Å². The van der Waals surface area contributed by atoms with Gasteiger partial charge in [-0.2, -0.15) is 4.98 Å². The Hall–Kier alpha value is -2.09. The maximum absolute atomic E-state index is 12.0. The molecule has 0 aromatic carbocycles. The number of aliphatic hydroxyl groups is 1. The third-order valence-electron chi connectivity index (χ3n) is 4.17. The topological polar surface area (TPSA) is 105 Å². The van der Waals surface area contributed by atoms with Crippen LogP contribution in [0.4, 0.5) is 5.95 Å². The molecule has 2 heterocycles. The zero-order chi connectivity index (χ0) is 15.1. The Kier molecular flexibility index (Phi) is 3.32. The molecule has 0 amide bonds. The summed E-state index contributed by atoms with van der Waals surface area (Å²) in [5, 5.41) is 12.7. The molecule has 1 saturated carbocycles. The van der Waals surface area contributed by atoms with Crippen molar-refractivity contribution >= 4 is 17.1 Å². The molecule has 2 atom stereocenters. The van der Waals surface area contributed by atoms with Gasteiger partial charge in [-0.15, -0.1) is 0 Å². The number of imidazole rings is 1. The number of nitrogens with one attached hydrogen (secondary N) is 2. The second-order valence-corrected chi connectivity index (χ2v) is 5.70. The van der Waals surface area contributed by atoms with E-state index >= 15 is 0 Å². The number of rotatable bonds is 3. The van der Waals surface area contributed by atoms with E-state index in [9.17, 15) is 14.7 Å². The Balaban J connectivity index is 1.88. The summed E-state index contributed by atoms with van der Waals surface area (Å²) >= 11 is 0. The molecule has 3 rings (SSSR count). The van der Waals surface area contributed by atoms with E-state index in [-0.39, 0.29) is 11.7 Å². The van der Waals surface area contributed by atoms with Gasteiger partial charge in [0.25, 0.3) is 5.56 Å². The van der Waals surface area contributed by atoms with E-state index in [1.54, 1.807) is 7.05 Å². The SMILES string of the molecule is Cn1c(=O)c2[nH]c(NCC3CCC(O)C3)nc2n(C)c1=O. The predicted octanol–water partition coefficient (Wildman–Crippen LogP) is -0.467. The van der Waals surface area contributed by atoms with Crippen molar-refractivity contribution in [2.24, 2.45) is 20.0 Å². The predicted molar refractivity (Wildman–Crippen MR) is 78.4 cm³/mol. The molecule has 8 heteroatoms. The standard InChI is InChI=1S/C13H19N5O3/c1-17-10-9(11(20)18(2)13(17)21)15-12(16-10)14-6-7-3-4-8(19)5-7/h7-8,19H,3-6H2,1-2H3,(H2,14,15,16). The number of hydrogen-bond donors (Lipinski definition) is 3. The van der Waals surface area contributed by atoms with Gasteiger partial charge in [-0.3, -0.25) is 13.9 Å². The van der Waals surface area contributed by atoms with Crippen molar-refractivity contribution in [2.45, 2.75) is 25.4 Å². The average Bonchev–Trinajstić information content (AvgIpc) is 3.07. The highest BCUT2D eigenvalue weighted by molar-refractivity contribution is 5.72. The summed E-state index contributed by atoms with van der Waals surface area (Å²) in [6.07, 6.45) is 2.39. The fourth-order valence-electron chi connectivity index (χ4n) is 2.88. The summed E-state index contributed by atoms with van der Waals surface area (Å²) in [6, 6.07) is 0. The first-order valence-corrected chi connectivity index (χ1v) is 7.05. The average molecular weight is 293 g/mol. The number of aliphatic hydroxyl groups excluding tert-OH is 1. The number of nitrogens with zero attached hydrogens (tertiary/aromatic N) is 3. The monoisotopic (exact) mass is 293 g/mol. The van der Waals surface area contributed by atoms with Crippen molar-refractivity contribution in [3.05, 3.63) is 20.8 Å². The molecule has 1 fully saturated rings. The molecule has 0 bridgehead atoms. The maximum atomic E-state index is 12.0. The highest BCUT2D eigenvalue weighted by Crippen LogP contribution is 2.25. The molecule has 2 unspecified atom stereocenters. The Morgan fingerprint density at radius 3 is 2.76 bits per heavy atom. The van der Waals surface area contributed by atoms with Gasteiger partial charge >= 0.3 is 5.69 Å². The number of anilines is 1. The van der Waals surface area contributed by atoms with Crippen LogP contribution < -0.4 is 16.6 Å². The van der Waals surface area contributed by atoms with Crippen molar-refractivity contribution in [3.63, 3.8) is 0 Å². The quantitative estimate of drug-likeness (QED) is 0.710. The first kappa shape index (κ1) is 13.9. The Morgan fingerprint density at radius 2 is 2.10 bits per heavy atom. The maximum Gasteiger partial charge on any atom is 0.332 e. The smallest absolute Gasteiger partial charge is 0.332 e. The minimum Gasteiger partial charge on any atom is -0.393 e. The fourth-order valence-corrected chi connectivity index (χ4v) is 2.88. The van der Waals surface area contributed by atoms with Crippen LogP contribution in [0.3, 0.4) is 0 Å². The van der Waals surface area contributed by atoms with Crippen LogP contribution in [0.2, 0.25) is 0 Å². The van der Waals surface area contributed by atoms with Gasteiger partial charge in [0.2, 0.25) is 5.95 Å². The number of aromatic amines is 1. The van der Waals surface area contributed by atoms with Crippen LogP contribution in [0, 0.1) is 5.92 Å². The fraction of sp³-hybridized carbons (Fsp3) is 0.615. The highest BCUT2D eigenvalue weighted by Gasteiger charge is 2.23. The van der Waals surface area contributed by atoms with E-state index < -0.39 is 5.69 Å². The summed E-state index contributed by atoms with van der Waals surface area (Å²) in [5.41, 5.74) is -0.125. The van der Waals surface area contributed by atoms with Crippen LogP contribution in [0.5, 0.6) is 0 Å². The van der Waals surface area contributed by atoms with E-state index in [0.29, 0.717) is 29.6 Å².